The minimum Gasteiger partial charge on any atom is -0.388 e. The van der Waals surface area contributed by atoms with Crippen molar-refractivity contribution in [3.63, 3.8) is 0 Å². The Kier molecular flexibility index (Phi) is 3.78. The lowest BCUT2D eigenvalue weighted by atomic mass is 10.0. The molecule has 16 heavy (non-hydrogen) atoms. The van der Waals surface area contributed by atoms with Gasteiger partial charge >= 0.3 is 5.69 Å². The van der Waals surface area contributed by atoms with E-state index in [4.69, 9.17) is 0 Å². The summed E-state index contributed by atoms with van der Waals surface area (Å²) >= 11 is 0. The highest BCUT2D eigenvalue weighted by Gasteiger charge is 2.19. The largest absolute Gasteiger partial charge is 0.388 e. The summed E-state index contributed by atoms with van der Waals surface area (Å²) in [5.74, 6) is 0. The van der Waals surface area contributed by atoms with Gasteiger partial charge in [-0.3, -0.25) is 15.1 Å². The summed E-state index contributed by atoms with van der Waals surface area (Å²) < 4.78 is 0. The highest BCUT2D eigenvalue weighted by molar-refractivity contribution is 5.59. The minimum atomic E-state index is -0.878. The van der Waals surface area contributed by atoms with Gasteiger partial charge in [0.15, 0.2) is 0 Å². The number of hydrogen-bond donors (Lipinski definition) is 2. The van der Waals surface area contributed by atoms with Crippen molar-refractivity contribution in [1.82, 2.24) is 4.98 Å². The number of aromatic nitrogens is 1. The maximum Gasteiger partial charge on any atom is 0.310 e. The summed E-state index contributed by atoms with van der Waals surface area (Å²) in [5, 5.41) is 23.3. The third-order valence-corrected chi connectivity index (χ3v) is 2.42. The summed E-state index contributed by atoms with van der Waals surface area (Å²) in [5.41, 5.74) is -0.597. The molecule has 2 N–H and O–H groups in total. The molecule has 1 heterocycles. The van der Waals surface area contributed by atoms with Crippen LogP contribution in [0, 0.1) is 10.1 Å². The Morgan fingerprint density at radius 1 is 1.69 bits per heavy atom. The van der Waals surface area contributed by atoms with Gasteiger partial charge in [-0.2, -0.15) is 0 Å². The van der Waals surface area contributed by atoms with Crippen LogP contribution in [-0.2, 0) is 0 Å². The predicted molar refractivity (Wildman–Crippen MR) is 60.3 cm³/mol. The lowest BCUT2D eigenvalue weighted by Gasteiger charge is -2.21. The van der Waals surface area contributed by atoms with Crippen LogP contribution >= 0.6 is 0 Å². The third kappa shape index (κ3) is 3.16. The summed E-state index contributed by atoms with van der Waals surface area (Å²) in [7, 11) is 0. The van der Waals surface area contributed by atoms with Gasteiger partial charge < -0.3 is 10.4 Å². The number of hydrogen-bond acceptors (Lipinski definition) is 5. The minimum absolute atomic E-state index is 0.0885. The molecule has 0 spiro atoms. The molecule has 0 amide bonds. The van der Waals surface area contributed by atoms with Crippen LogP contribution in [0.2, 0.25) is 0 Å². The molecule has 6 nitrogen and oxygen atoms in total. The number of pyridine rings is 1. The van der Waals surface area contributed by atoms with E-state index in [9.17, 15) is 15.2 Å². The quantitative estimate of drug-likeness (QED) is 0.586. The van der Waals surface area contributed by atoms with E-state index < -0.39 is 10.5 Å². The Labute approximate surface area is 93.5 Å². The first-order valence-corrected chi connectivity index (χ1v) is 5.01. The van der Waals surface area contributed by atoms with E-state index in [2.05, 4.69) is 10.3 Å². The van der Waals surface area contributed by atoms with Crippen LogP contribution < -0.4 is 5.32 Å². The number of aliphatic hydroxyl groups is 1. The fourth-order valence-electron chi connectivity index (χ4n) is 1.09. The zero-order valence-corrected chi connectivity index (χ0v) is 9.30. The van der Waals surface area contributed by atoms with Gasteiger partial charge in [0.05, 0.1) is 10.5 Å². The number of nitro groups is 1. The molecule has 0 saturated heterocycles. The summed E-state index contributed by atoms with van der Waals surface area (Å²) in [6.07, 6.45) is 3.22. The van der Waals surface area contributed by atoms with Crippen molar-refractivity contribution in [1.29, 1.82) is 0 Å². The molecule has 6 heteroatoms. The van der Waals surface area contributed by atoms with Gasteiger partial charge in [0.25, 0.3) is 0 Å². The zero-order chi connectivity index (χ0) is 12.2. The van der Waals surface area contributed by atoms with E-state index in [-0.39, 0.29) is 12.2 Å². The van der Waals surface area contributed by atoms with E-state index in [1.165, 1.54) is 18.5 Å². The SMILES string of the molecule is CCC(C)(O)CNc1ccncc1[N+](=O)[O-]. The molecule has 0 radical (unpaired) electrons. The fourth-order valence-corrected chi connectivity index (χ4v) is 1.09. The molecule has 1 aromatic rings. The maximum absolute atomic E-state index is 10.7. The van der Waals surface area contributed by atoms with Gasteiger partial charge in [0, 0.05) is 12.7 Å². The average Bonchev–Trinajstić information content (AvgIpc) is 2.27. The van der Waals surface area contributed by atoms with Crippen LogP contribution in [0.15, 0.2) is 18.5 Å². The first-order valence-electron chi connectivity index (χ1n) is 5.01. The molecule has 0 aliphatic heterocycles. The Hall–Kier alpha value is -1.69. The number of nitrogens with zero attached hydrogens (tertiary/aromatic N) is 2. The molecule has 0 fully saturated rings. The second-order valence-electron chi connectivity index (χ2n) is 3.85. The van der Waals surface area contributed by atoms with Crippen LogP contribution in [0.1, 0.15) is 20.3 Å². The molecular weight excluding hydrogens is 210 g/mol. The summed E-state index contributed by atoms with van der Waals surface area (Å²) in [6.45, 7) is 3.78. The van der Waals surface area contributed by atoms with Crippen LogP contribution in [0.3, 0.4) is 0 Å². The standard InChI is InChI=1S/C10H15N3O3/c1-3-10(2,14)7-12-8-4-5-11-6-9(8)13(15)16/h4-6,14H,3,7H2,1-2H3,(H,11,12). The molecule has 0 aliphatic carbocycles. The first-order chi connectivity index (χ1) is 7.46. The Morgan fingerprint density at radius 3 is 2.94 bits per heavy atom. The molecule has 0 aromatic carbocycles. The normalized spacial score (nSPS) is 14.2. The molecular formula is C10H15N3O3. The van der Waals surface area contributed by atoms with Gasteiger partial charge in [-0.15, -0.1) is 0 Å². The smallest absolute Gasteiger partial charge is 0.310 e. The van der Waals surface area contributed by atoms with Gasteiger partial charge in [-0.25, -0.2) is 0 Å². The van der Waals surface area contributed by atoms with Crippen molar-refractivity contribution in [3.05, 3.63) is 28.6 Å². The van der Waals surface area contributed by atoms with Crippen LogP contribution in [0.4, 0.5) is 11.4 Å². The van der Waals surface area contributed by atoms with Crippen molar-refractivity contribution < 1.29 is 10.0 Å². The van der Waals surface area contributed by atoms with Crippen molar-refractivity contribution >= 4 is 11.4 Å². The molecule has 0 saturated carbocycles. The van der Waals surface area contributed by atoms with E-state index in [1.54, 1.807) is 6.92 Å². The highest BCUT2D eigenvalue weighted by atomic mass is 16.6. The van der Waals surface area contributed by atoms with Crippen molar-refractivity contribution in [2.24, 2.45) is 0 Å². The topological polar surface area (TPSA) is 88.3 Å². The van der Waals surface area contributed by atoms with Crippen LogP contribution in [-0.4, -0.2) is 27.2 Å². The number of rotatable bonds is 5. The van der Waals surface area contributed by atoms with E-state index >= 15 is 0 Å². The zero-order valence-electron chi connectivity index (χ0n) is 9.30. The van der Waals surface area contributed by atoms with Gasteiger partial charge in [0.2, 0.25) is 0 Å². The highest BCUT2D eigenvalue weighted by Crippen LogP contribution is 2.22. The second kappa shape index (κ2) is 4.89. The predicted octanol–water partition coefficient (Wildman–Crippen LogP) is 1.56. The Balaban J connectivity index is 2.78. The molecule has 1 unspecified atom stereocenters. The summed E-state index contributed by atoms with van der Waals surface area (Å²) in [4.78, 5) is 13.9. The van der Waals surface area contributed by atoms with Gasteiger partial charge in [-0.05, 0) is 19.4 Å². The number of anilines is 1. The maximum atomic E-state index is 10.7. The van der Waals surface area contributed by atoms with E-state index in [0.717, 1.165) is 0 Å². The van der Waals surface area contributed by atoms with Crippen LogP contribution in [0.25, 0.3) is 0 Å². The monoisotopic (exact) mass is 225 g/mol. The van der Waals surface area contributed by atoms with E-state index in [1.807, 2.05) is 6.92 Å². The molecule has 1 atom stereocenters. The van der Waals surface area contributed by atoms with Crippen molar-refractivity contribution in [2.75, 3.05) is 11.9 Å². The first kappa shape index (κ1) is 12.4. The molecule has 1 rings (SSSR count). The van der Waals surface area contributed by atoms with Crippen molar-refractivity contribution in [3.8, 4) is 0 Å². The Morgan fingerprint density at radius 2 is 2.38 bits per heavy atom. The Bertz CT molecular complexity index is 379. The molecule has 1 aromatic heterocycles. The molecule has 0 aliphatic rings. The van der Waals surface area contributed by atoms with Gasteiger partial charge in [0.1, 0.15) is 11.9 Å². The van der Waals surface area contributed by atoms with Crippen molar-refractivity contribution in [2.45, 2.75) is 25.9 Å². The molecule has 88 valence electrons. The third-order valence-electron chi connectivity index (χ3n) is 2.42. The molecule has 0 bridgehead atoms. The fraction of sp³-hybridized carbons (Fsp3) is 0.500. The van der Waals surface area contributed by atoms with Gasteiger partial charge in [-0.1, -0.05) is 6.92 Å². The average molecular weight is 225 g/mol. The second-order valence-corrected chi connectivity index (χ2v) is 3.85. The summed E-state index contributed by atoms with van der Waals surface area (Å²) in [6, 6.07) is 1.52. The van der Waals surface area contributed by atoms with Crippen LogP contribution in [0.5, 0.6) is 0 Å². The van der Waals surface area contributed by atoms with E-state index in [0.29, 0.717) is 12.1 Å². The lowest BCUT2D eigenvalue weighted by molar-refractivity contribution is -0.384. The lowest BCUT2D eigenvalue weighted by Crippen LogP contribution is -2.32. The number of nitrogens with one attached hydrogen (secondary N) is 1.